The number of hydrogen-bond acceptors (Lipinski definition) is 3. The van der Waals surface area contributed by atoms with Gasteiger partial charge >= 0.3 is 0 Å². The first-order valence-corrected chi connectivity index (χ1v) is 8.18. The van der Waals surface area contributed by atoms with Gasteiger partial charge in [0.25, 0.3) is 0 Å². The van der Waals surface area contributed by atoms with Gasteiger partial charge in [-0.1, -0.05) is 11.6 Å². The normalized spacial score (nSPS) is 16.1. The minimum atomic E-state index is -0.0285. The van der Waals surface area contributed by atoms with E-state index in [1.165, 1.54) is 0 Å². The number of anilines is 1. The van der Waals surface area contributed by atoms with Gasteiger partial charge in [-0.25, -0.2) is 0 Å². The molecule has 0 unspecified atom stereocenters. The molecule has 0 aromatic heterocycles. The van der Waals surface area contributed by atoms with Crippen LogP contribution in [0.1, 0.15) is 19.3 Å². The fourth-order valence-electron chi connectivity index (χ4n) is 2.08. The largest absolute Gasteiger partial charge is 0.378 e. The third kappa shape index (κ3) is 5.20. The van der Waals surface area contributed by atoms with E-state index in [9.17, 15) is 4.79 Å². The number of benzene rings is 1. The van der Waals surface area contributed by atoms with Crippen molar-refractivity contribution in [2.45, 2.75) is 25.4 Å². The van der Waals surface area contributed by atoms with E-state index in [0.29, 0.717) is 24.2 Å². The van der Waals surface area contributed by atoms with E-state index < -0.39 is 0 Å². The summed E-state index contributed by atoms with van der Waals surface area (Å²) >= 11 is 8.04. The van der Waals surface area contributed by atoms with Crippen molar-refractivity contribution in [3.63, 3.8) is 0 Å². The number of rotatable bonds is 5. The molecule has 110 valence electrons. The van der Waals surface area contributed by atoms with Crippen LogP contribution in [0.5, 0.6) is 0 Å². The maximum Gasteiger partial charge on any atom is 0.226 e. The van der Waals surface area contributed by atoms with E-state index in [0.717, 1.165) is 35.2 Å². The van der Waals surface area contributed by atoms with Crippen LogP contribution in [-0.4, -0.2) is 31.7 Å². The Morgan fingerprint density at radius 2 is 2.20 bits per heavy atom. The molecule has 1 aliphatic rings. The Labute approximate surface area is 137 Å². The summed E-state index contributed by atoms with van der Waals surface area (Å²) in [7, 11) is 0. The smallest absolute Gasteiger partial charge is 0.226 e. The van der Waals surface area contributed by atoms with E-state index in [1.807, 2.05) is 12.1 Å². The summed E-state index contributed by atoms with van der Waals surface area (Å²) in [5.41, 5.74) is 0.793. The monoisotopic (exact) mass is 408 g/mol. The van der Waals surface area contributed by atoms with Crippen molar-refractivity contribution in [1.82, 2.24) is 5.32 Å². The Hall–Kier alpha value is -0.370. The molecule has 1 aliphatic heterocycles. The standard InChI is InChI=1S/C14H18ClIN2O2/c15-10-1-2-13(12(16)9-10)18-14(19)5-8-20-11-3-6-17-7-4-11/h1-2,9,11,17H,3-8H2,(H,18,19). The van der Waals surface area contributed by atoms with E-state index in [4.69, 9.17) is 16.3 Å². The van der Waals surface area contributed by atoms with Crippen LogP contribution in [0.4, 0.5) is 5.69 Å². The zero-order valence-corrected chi connectivity index (χ0v) is 14.0. The van der Waals surface area contributed by atoms with Gasteiger partial charge in [0, 0.05) is 8.59 Å². The van der Waals surface area contributed by atoms with Gasteiger partial charge in [0.1, 0.15) is 0 Å². The van der Waals surface area contributed by atoms with Crippen LogP contribution in [0.25, 0.3) is 0 Å². The molecule has 0 radical (unpaired) electrons. The van der Waals surface area contributed by atoms with Crippen LogP contribution < -0.4 is 10.6 Å². The zero-order valence-electron chi connectivity index (χ0n) is 11.1. The van der Waals surface area contributed by atoms with Crippen molar-refractivity contribution in [2.75, 3.05) is 25.0 Å². The molecule has 4 nitrogen and oxygen atoms in total. The highest BCUT2D eigenvalue weighted by Crippen LogP contribution is 2.22. The molecule has 2 rings (SSSR count). The van der Waals surface area contributed by atoms with Crippen molar-refractivity contribution in [2.24, 2.45) is 0 Å². The lowest BCUT2D eigenvalue weighted by molar-refractivity contribution is -0.117. The quantitative estimate of drug-likeness (QED) is 0.736. The number of carbonyl (C=O) groups is 1. The fraction of sp³-hybridized carbons (Fsp3) is 0.500. The SMILES string of the molecule is O=C(CCOC1CCNCC1)Nc1ccc(Cl)cc1I. The van der Waals surface area contributed by atoms with Crippen molar-refractivity contribution in [3.05, 3.63) is 26.8 Å². The first-order chi connectivity index (χ1) is 9.65. The van der Waals surface area contributed by atoms with Gasteiger partial charge in [0.05, 0.1) is 24.8 Å². The lowest BCUT2D eigenvalue weighted by Gasteiger charge is -2.22. The number of amides is 1. The summed E-state index contributed by atoms with van der Waals surface area (Å²) in [6, 6.07) is 5.41. The van der Waals surface area contributed by atoms with Crippen LogP contribution in [0.3, 0.4) is 0 Å². The molecule has 1 aromatic carbocycles. The predicted octanol–water partition coefficient (Wildman–Crippen LogP) is 3.04. The fourth-order valence-corrected chi connectivity index (χ4v) is 3.09. The number of carbonyl (C=O) groups excluding carboxylic acids is 1. The highest BCUT2D eigenvalue weighted by atomic mass is 127. The van der Waals surface area contributed by atoms with Crippen molar-refractivity contribution in [1.29, 1.82) is 0 Å². The summed E-state index contributed by atoms with van der Waals surface area (Å²) in [6.07, 6.45) is 2.72. The predicted molar refractivity (Wildman–Crippen MR) is 89.3 cm³/mol. The Morgan fingerprint density at radius 3 is 2.90 bits per heavy atom. The van der Waals surface area contributed by atoms with Crippen LogP contribution in [0, 0.1) is 3.57 Å². The molecular weight excluding hydrogens is 391 g/mol. The Morgan fingerprint density at radius 1 is 1.45 bits per heavy atom. The lowest BCUT2D eigenvalue weighted by Crippen LogP contribution is -2.33. The molecule has 1 aromatic rings. The average molecular weight is 409 g/mol. The third-order valence-corrected chi connectivity index (χ3v) is 4.30. The van der Waals surface area contributed by atoms with Crippen molar-refractivity contribution in [3.8, 4) is 0 Å². The highest BCUT2D eigenvalue weighted by molar-refractivity contribution is 14.1. The maximum absolute atomic E-state index is 11.9. The summed E-state index contributed by atoms with van der Waals surface area (Å²) in [5, 5.41) is 6.83. The van der Waals surface area contributed by atoms with E-state index in [2.05, 4.69) is 33.2 Å². The molecule has 1 fully saturated rings. The highest BCUT2D eigenvalue weighted by Gasteiger charge is 2.14. The lowest BCUT2D eigenvalue weighted by atomic mass is 10.1. The number of ether oxygens (including phenoxy) is 1. The van der Waals surface area contributed by atoms with Gasteiger partial charge in [-0.2, -0.15) is 0 Å². The molecule has 2 N–H and O–H groups in total. The van der Waals surface area contributed by atoms with Crippen LogP contribution in [0.15, 0.2) is 18.2 Å². The summed E-state index contributed by atoms with van der Waals surface area (Å²) in [4.78, 5) is 11.9. The van der Waals surface area contributed by atoms with Gasteiger partial charge in [-0.05, 0) is 66.7 Å². The zero-order chi connectivity index (χ0) is 14.4. The molecule has 0 aliphatic carbocycles. The first-order valence-electron chi connectivity index (χ1n) is 6.72. The van der Waals surface area contributed by atoms with Crippen LogP contribution >= 0.6 is 34.2 Å². The Bertz CT molecular complexity index is 464. The molecule has 0 atom stereocenters. The van der Waals surface area contributed by atoms with Crippen LogP contribution in [0.2, 0.25) is 5.02 Å². The average Bonchev–Trinajstić information content (AvgIpc) is 2.43. The van der Waals surface area contributed by atoms with Crippen molar-refractivity contribution >= 4 is 45.8 Å². The van der Waals surface area contributed by atoms with Gasteiger partial charge in [-0.3, -0.25) is 4.79 Å². The molecule has 1 saturated heterocycles. The Kier molecular flexibility index (Phi) is 6.54. The maximum atomic E-state index is 11.9. The van der Waals surface area contributed by atoms with Gasteiger partial charge in [-0.15, -0.1) is 0 Å². The number of piperidine rings is 1. The van der Waals surface area contributed by atoms with Crippen molar-refractivity contribution < 1.29 is 9.53 Å². The second kappa shape index (κ2) is 8.17. The summed E-state index contributed by atoms with van der Waals surface area (Å²) in [5.74, 6) is -0.0285. The van der Waals surface area contributed by atoms with Crippen LogP contribution in [-0.2, 0) is 9.53 Å². The summed E-state index contributed by atoms with van der Waals surface area (Å²) in [6.45, 7) is 2.47. The van der Waals surface area contributed by atoms with Gasteiger partial charge in [0.2, 0.25) is 5.91 Å². The second-order valence-corrected chi connectivity index (χ2v) is 6.34. The second-order valence-electron chi connectivity index (χ2n) is 4.74. The number of halogens is 2. The van der Waals surface area contributed by atoms with E-state index in [1.54, 1.807) is 6.07 Å². The molecule has 0 saturated carbocycles. The molecule has 1 heterocycles. The minimum absolute atomic E-state index is 0.0285. The molecule has 1 amide bonds. The minimum Gasteiger partial charge on any atom is -0.378 e. The third-order valence-electron chi connectivity index (χ3n) is 3.17. The molecule has 6 heteroatoms. The van der Waals surface area contributed by atoms with E-state index in [-0.39, 0.29) is 5.91 Å². The first kappa shape index (κ1) is 16.0. The molecular formula is C14H18ClIN2O2. The molecule has 20 heavy (non-hydrogen) atoms. The topological polar surface area (TPSA) is 50.4 Å². The Balaban J connectivity index is 1.72. The molecule has 0 bridgehead atoms. The molecule has 0 spiro atoms. The number of nitrogens with one attached hydrogen (secondary N) is 2. The van der Waals surface area contributed by atoms with Gasteiger partial charge < -0.3 is 15.4 Å². The summed E-state index contributed by atoms with van der Waals surface area (Å²) < 4.78 is 6.65. The van der Waals surface area contributed by atoms with Gasteiger partial charge in [0.15, 0.2) is 0 Å². The van der Waals surface area contributed by atoms with E-state index >= 15 is 0 Å². The number of hydrogen-bond donors (Lipinski definition) is 2.